The van der Waals surface area contributed by atoms with Crippen molar-refractivity contribution in [2.24, 2.45) is 4.99 Å². The molecule has 2 aliphatic heterocycles. The zero-order valence-electron chi connectivity index (χ0n) is 16.5. The lowest BCUT2D eigenvalue weighted by Gasteiger charge is -2.25. The van der Waals surface area contributed by atoms with Crippen LogP contribution in [0.5, 0.6) is 5.75 Å². The summed E-state index contributed by atoms with van der Waals surface area (Å²) in [5.74, 6) is 2.66. The number of furan rings is 1. The zero-order chi connectivity index (χ0) is 19.8. The van der Waals surface area contributed by atoms with Gasteiger partial charge in [-0.25, -0.2) is 4.99 Å². The van der Waals surface area contributed by atoms with Crippen LogP contribution in [0.4, 0.5) is 0 Å². The van der Waals surface area contributed by atoms with Gasteiger partial charge in [-0.05, 0) is 55.5 Å². The molecule has 5 rings (SSSR count). The molecule has 3 atom stereocenters. The number of thioether (sulfide) groups is 1. The number of aromatic nitrogens is 1. The van der Waals surface area contributed by atoms with Gasteiger partial charge in [0.05, 0.1) is 12.3 Å². The maximum Gasteiger partial charge on any atom is 0.161 e. The maximum absolute atomic E-state index is 6.36. The van der Waals surface area contributed by atoms with Crippen LogP contribution < -0.4 is 4.74 Å². The molecule has 0 spiro atoms. The number of pyridine rings is 1. The first-order valence-corrected chi connectivity index (χ1v) is 10.9. The van der Waals surface area contributed by atoms with Gasteiger partial charge in [-0.3, -0.25) is 4.98 Å². The summed E-state index contributed by atoms with van der Waals surface area (Å²) in [5, 5.41) is 1.62. The standard InChI is InChI=1S/C23H23N3O2S/c1-3-27-17-9-7-16(8-10-17)19-11-12-20(28-19)22-21(18-6-4-5-13-24-18)25-23-26(22)14-15(2)29-23/h4-13,15,21-22H,3,14H2,1-2H3/t15-,21+,22+/m0/s1. The van der Waals surface area contributed by atoms with Gasteiger partial charge in [-0.15, -0.1) is 0 Å². The number of hydrogen-bond acceptors (Lipinski definition) is 6. The SMILES string of the molecule is CCOc1ccc(-c2ccc([C@@H]3[C@@H](c4ccccn4)N=C4S[C@@H](C)CN43)o2)cc1. The number of fused-ring (bicyclic) bond motifs is 1. The first kappa shape index (κ1) is 18.3. The summed E-state index contributed by atoms with van der Waals surface area (Å²) >= 11 is 1.83. The van der Waals surface area contributed by atoms with Crippen molar-refractivity contribution in [1.29, 1.82) is 0 Å². The Hall–Kier alpha value is -2.73. The highest BCUT2D eigenvalue weighted by molar-refractivity contribution is 8.14. The van der Waals surface area contributed by atoms with Crippen LogP contribution >= 0.6 is 11.8 Å². The minimum Gasteiger partial charge on any atom is -0.494 e. The highest BCUT2D eigenvalue weighted by atomic mass is 32.2. The lowest BCUT2D eigenvalue weighted by molar-refractivity contribution is 0.277. The second-order valence-electron chi connectivity index (χ2n) is 7.30. The fourth-order valence-electron chi connectivity index (χ4n) is 3.97. The molecule has 3 aromatic rings. The Morgan fingerprint density at radius 3 is 2.76 bits per heavy atom. The van der Waals surface area contributed by atoms with Gasteiger partial charge in [0.1, 0.15) is 29.4 Å². The summed E-state index contributed by atoms with van der Waals surface area (Å²) in [6.07, 6.45) is 1.83. The quantitative estimate of drug-likeness (QED) is 0.574. The Labute approximate surface area is 174 Å². The summed E-state index contributed by atoms with van der Waals surface area (Å²) in [5.41, 5.74) is 2.02. The molecular formula is C23H23N3O2S. The molecule has 1 fully saturated rings. The summed E-state index contributed by atoms with van der Waals surface area (Å²) in [4.78, 5) is 12.0. The Kier molecular flexibility index (Phi) is 4.79. The normalized spacial score (nSPS) is 23.2. The minimum absolute atomic E-state index is 0.0359. The first-order chi connectivity index (χ1) is 14.2. The number of ether oxygens (including phenoxy) is 1. The molecule has 2 aliphatic rings. The molecule has 4 heterocycles. The van der Waals surface area contributed by atoms with Crippen molar-refractivity contribution >= 4 is 16.9 Å². The topological polar surface area (TPSA) is 50.9 Å². The lowest BCUT2D eigenvalue weighted by Crippen LogP contribution is -2.28. The predicted octanol–water partition coefficient (Wildman–Crippen LogP) is 5.33. The second kappa shape index (κ2) is 7.59. The number of hydrogen-bond donors (Lipinski definition) is 0. The van der Waals surface area contributed by atoms with E-state index in [9.17, 15) is 0 Å². The van der Waals surface area contributed by atoms with E-state index in [0.717, 1.165) is 40.2 Å². The van der Waals surface area contributed by atoms with Gasteiger partial charge in [0, 0.05) is 23.6 Å². The minimum atomic E-state index is -0.0504. The van der Waals surface area contributed by atoms with Crippen molar-refractivity contribution in [2.45, 2.75) is 31.2 Å². The van der Waals surface area contributed by atoms with Crippen LogP contribution in [0.15, 0.2) is 70.2 Å². The first-order valence-electron chi connectivity index (χ1n) is 9.98. The molecular weight excluding hydrogens is 382 g/mol. The molecule has 0 radical (unpaired) electrons. The number of nitrogens with zero attached hydrogens (tertiary/aromatic N) is 3. The Bertz CT molecular complexity index is 1020. The van der Waals surface area contributed by atoms with Gasteiger partial charge >= 0.3 is 0 Å². The van der Waals surface area contributed by atoms with Crippen LogP contribution in [0.2, 0.25) is 0 Å². The van der Waals surface area contributed by atoms with E-state index in [1.807, 2.05) is 73.4 Å². The maximum atomic E-state index is 6.36. The van der Waals surface area contributed by atoms with Gasteiger partial charge in [-0.1, -0.05) is 24.8 Å². The molecule has 6 heteroatoms. The van der Waals surface area contributed by atoms with Gasteiger partial charge < -0.3 is 14.1 Å². The fraction of sp³-hybridized carbons (Fsp3) is 0.304. The third kappa shape index (κ3) is 3.42. The van der Waals surface area contributed by atoms with E-state index in [1.54, 1.807) is 0 Å². The molecule has 29 heavy (non-hydrogen) atoms. The molecule has 0 amide bonds. The number of benzene rings is 1. The Morgan fingerprint density at radius 1 is 1.14 bits per heavy atom. The molecule has 148 valence electrons. The van der Waals surface area contributed by atoms with Crippen LogP contribution in [0.3, 0.4) is 0 Å². The molecule has 1 aromatic carbocycles. The van der Waals surface area contributed by atoms with Gasteiger partial charge in [0.2, 0.25) is 0 Å². The molecule has 0 N–H and O–H groups in total. The van der Waals surface area contributed by atoms with Crippen molar-refractivity contribution in [2.75, 3.05) is 13.2 Å². The average molecular weight is 406 g/mol. The molecule has 2 aromatic heterocycles. The molecule has 0 aliphatic carbocycles. The van der Waals surface area contributed by atoms with Crippen molar-refractivity contribution < 1.29 is 9.15 Å². The highest BCUT2D eigenvalue weighted by Crippen LogP contribution is 2.48. The van der Waals surface area contributed by atoms with E-state index in [4.69, 9.17) is 14.1 Å². The summed E-state index contributed by atoms with van der Waals surface area (Å²) in [6.45, 7) is 5.86. The van der Waals surface area contributed by atoms with Crippen molar-refractivity contribution in [3.05, 3.63) is 72.2 Å². The zero-order valence-corrected chi connectivity index (χ0v) is 17.3. The van der Waals surface area contributed by atoms with Crippen LogP contribution in [0, 0.1) is 0 Å². The number of aliphatic imine (C=N–C) groups is 1. The summed E-state index contributed by atoms with van der Waals surface area (Å²) in [6, 6.07) is 18.2. The van der Waals surface area contributed by atoms with E-state index in [2.05, 4.69) is 22.9 Å². The molecule has 0 bridgehead atoms. The largest absolute Gasteiger partial charge is 0.494 e. The smallest absolute Gasteiger partial charge is 0.161 e. The molecule has 0 saturated carbocycles. The third-order valence-corrected chi connectivity index (χ3v) is 6.35. The van der Waals surface area contributed by atoms with Crippen molar-refractivity contribution in [3.63, 3.8) is 0 Å². The second-order valence-corrected chi connectivity index (χ2v) is 8.70. The van der Waals surface area contributed by atoms with Crippen molar-refractivity contribution in [1.82, 2.24) is 9.88 Å². The van der Waals surface area contributed by atoms with Crippen molar-refractivity contribution in [3.8, 4) is 17.1 Å². The van der Waals surface area contributed by atoms with Gasteiger partial charge in [-0.2, -0.15) is 0 Å². The van der Waals surface area contributed by atoms with E-state index in [1.165, 1.54) is 0 Å². The Morgan fingerprint density at radius 2 is 2.00 bits per heavy atom. The van der Waals surface area contributed by atoms with Crippen LogP contribution in [-0.4, -0.2) is 33.5 Å². The fourth-order valence-corrected chi connectivity index (χ4v) is 5.07. The Balaban J connectivity index is 1.47. The van der Waals surface area contributed by atoms with Crippen LogP contribution in [0.25, 0.3) is 11.3 Å². The average Bonchev–Trinajstić information content (AvgIpc) is 3.43. The monoisotopic (exact) mass is 405 g/mol. The molecule has 0 unspecified atom stereocenters. The number of rotatable bonds is 5. The van der Waals surface area contributed by atoms with Gasteiger partial charge in [0.25, 0.3) is 0 Å². The summed E-state index contributed by atoms with van der Waals surface area (Å²) < 4.78 is 11.9. The van der Waals surface area contributed by atoms with Gasteiger partial charge in [0.15, 0.2) is 5.17 Å². The third-order valence-electron chi connectivity index (χ3n) is 5.25. The molecule has 5 nitrogen and oxygen atoms in total. The van der Waals surface area contributed by atoms with Crippen LogP contribution in [0.1, 0.15) is 37.4 Å². The highest BCUT2D eigenvalue weighted by Gasteiger charge is 2.45. The molecule has 1 saturated heterocycles. The van der Waals surface area contributed by atoms with E-state index < -0.39 is 0 Å². The lowest BCUT2D eigenvalue weighted by atomic mass is 10.0. The van der Waals surface area contributed by atoms with Crippen LogP contribution in [-0.2, 0) is 0 Å². The summed E-state index contributed by atoms with van der Waals surface area (Å²) in [7, 11) is 0. The predicted molar refractivity (Wildman–Crippen MR) is 116 cm³/mol. The van der Waals surface area contributed by atoms with E-state index in [-0.39, 0.29) is 12.1 Å². The van der Waals surface area contributed by atoms with E-state index in [0.29, 0.717) is 11.9 Å². The van der Waals surface area contributed by atoms with E-state index >= 15 is 0 Å². The number of amidine groups is 1.